The third-order valence-corrected chi connectivity index (χ3v) is 4.89. The van der Waals surface area contributed by atoms with E-state index in [4.69, 9.17) is 27.9 Å². The third kappa shape index (κ3) is 3.94. The van der Waals surface area contributed by atoms with Crippen molar-refractivity contribution in [3.63, 3.8) is 0 Å². The smallest absolute Gasteiger partial charge is 0.254 e. The van der Waals surface area contributed by atoms with Crippen LogP contribution in [-0.2, 0) is 4.79 Å². The van der Waals surface area contributed by atoms with Crippen LogP contribution in [0.1, 0.15) is 23.2 Å². The summed E-state index contributed by atoms with van der Waals surface area (Å²) >= 11 is 12.0. The molecule has 1 heterocycles. The van der Waals surface area contributed by atoms with Crippen LogP contribution >= 0.6 is 23.2 Å². The lowest BCUT2D eigenvalue weighted by atomic mass is 10.1. The molecule has 1 aliphatic rings. The van der Waals surface area contributed by atoms with Crippen LogP contribution < -0.4 is 10.1 Å². The van der Waals surface area contributed by atoms with Crippen LogP contribution in [0.5, 0.6) is 5.75 Å². The molecule has 0 unspecified atom stereocenters. The molecule has 136 valence electrons. The van der Waals surface area contributed by atoms with Gasteiger partial charge in [-0.05, 0) is 55.3 Å². The maximum atomic E-state index is 12.8. The standard InChI is InChI=1S/C19H18Cl2N2O3/c1-26-14-7-4-12(5-8-14)19(25)23-10-2-3-17(23)18(24)22-16-9-6-13(20)11-15(16)21/h4-9,11,17H,2-3,10H2,1H3,(H,22,24)/t17-/m1/s1. The van der Waals surface area contributed by atoms with E-state index in [1.807, 2.05) is 0 Å². The first-order valence-electron chi connectivity index (χ1n) is 8.20. The molecule has 1 fully saturated rings. The van der Waals surface area contributed by atoms with Crippen LogP contribution in [0.4, 0.5) is 5.69 Å². The zero-order chi connectivity index (χ0) is 18.7. The molecule has 1 N–H and O–H groups in total. The van der Waals surface area contributed by atoms with Crippen molar-refractivity contribution in [2.24, 2.45) is 0 Å². The maximum absolute atomic E-state index is 12.8. The zero-order valence-corrected chi connectivity index (χ0v) is 15.7. The average Bonchev–Trinajstić information content (AvgIpc) is 3.13. The number of likely N-dealkylation sites (tertiary alicyclic amines) is 1. The van der Waals surface area contributed by atoms with Gasteiger partial charge in [0.2, 0.25) is 5.91 Å². The van der Waals surface area contributed by atoms with Gasteiger partial charge in [-0.25, -0.2) is 0 Å². The van der Waals surface area contributed by atoms with E-state index in [9.17, 15) is 9.59 Å². The minimum Gasteiger partial charge on any atom is -0.497 e. The summed E-state index contributed by atoms with van der Waals surface area (Å²) in [4.78, 5) is 27.1. The second-order valence-corrected chi connectivity index (χ2v) is 6.84. The van der Waals surface area contributed by atoms with Crippen LogP contribution in [0.2, 0.25) is 10.0 Å². The highest BCUT2D eigenvalue weighted by atomic mass is 35.5. The Kier molecular flexibility index (Phi) is 5.69. The number of carbonyl (C=O) groups excluding carboxylic acids is 2. The van der Waals surface area contributed by atoms with E-state index in [1.54, 1.807) is 54.5 Å². The summed E-state index contributed by atoms with van der Waals surface area (Å²) in [5.74, 6) is 0.246. The zero-order valence-electron chi connectivity index (χ0n) is 14.2. The number of methoxy groups -OCH3 is 1. The van der Waals surface area contributed by atoms with Crippen molar-refractivity contribution >= 4 is 40.7 Å². The number of benzene rings is 2. The lowest BCUT2D eigenvalue weighted by molar-refractivity contribution is -0.119. The molecule has 1 atom stereocenters. The first-order valence-corrected chi connectivity index (χ1v) is 8.96. The van der Waals surface area contributed by atoms with Gasteiger partial charge < -0.3 is 15.0 Å². The molecular weight excluding hydrogens is 375 g/mol. The van der Waals surface area contributed by atoms with Gasteiger partial charge >= 0.3 is 0 Å². The Morgan fingerprint density at radius 1 is 1.15 bits per heavy atom. The van der Waals surface area contributed by atoms with Crippen molar-refractivity contribution in [1.82, 2.24) is 4.90 Å². The number of hydrogen-bond donors (Lipinski definition) is 1. The molecular formula is C19H18Cl2N2O3. The Morgan fingerprint density at radius 2 is 1.88 bits per heavy atom. The molecule has 0 saturated carbocycles. The Bertz CT molecular complexity index is 824. The summed E-state index contributed by atoms with van der Waals surface area (Å²) in [7, 11) is 1.57. The monoisotopic (exact) mass is 392 g/mol. The van der Waals surface area contributed by atoms with Crippen molar-refractivity contribution in [3.8, 4) is 5.75 Å². The molecule has 7 heteroatoms. The topological polar surface area (TPSA) is 58.6 Å². The number of hydrogen-bond acceptors (Lipinski definition) is 3. The van der Waals surface area contributed by atoms with Crippen molar-refractivity contribution in [3.05, 3.63) is 58.1 Å². The van der Waals surface area contributed by atoms with Crippen molar-refractivity contribution in [1.29, 1.82) is 0 Å². The quantitative estimate of drug-likeness (QED) is 0.845. The van der Waals surface area contributed by atoms with E-state index in [-0.39, 0.29) is 11.8 Å². The molecule has 2 aromatic carbocycles. The summed E-state index contributed by atoms with van der Waals surface area (Å²) in [6, 6.07) is 11.2. The third-order valence-electron chi connectivity index (χ3n) is 4.34. The highest BCUT2D eigenvalue weighted by Gasteiger charge is 2.34. The lowest BCUT2D eigenvalue weighted by Gasteiger charge is -2.24. The number of ether oxygens (including phenoxy) is 1. The summed E-state index contributed by atoms with van der Waals surface area (Å²) < 4.78 is 5.11. The number of anilines is 1. The number of halogens is 2. The van der Waals surface area contributed by atoms with Crippen LogP contribution in [-0.4, -0.2) is 36.4 Å². The van der Waals surface area contributed by atoms with Gasteiger partial charge in [0.1, 0.15) is 11.8 Å². The van der Waals surface area contributed by atoms with Gasteiger partial charge in [0.15, 0.2) is 0 Å². The number of nitrogens with one attached hydrogen (secondary N) is 1. The highest BCUT2D eigenvalue weighted by Crippen LogP contribution is 2.27. The Morgan fingerprint density at radius 3 is 2.54 bits per heavy atom. The van der Waals surface area contributed by atoms with E-state index < -0.39 is 6.04 Å². The normalized spacial score (nSPS) is 16.4. The summed E-state index contributed by atoms with van der Waals surface area (Å²) in [6.07, 6.45) is 1.38. The fourth-order valence-electron chi connectivity index (χ4n) is 2.99. The van der Waals surface area contributed by atoms with E-state index >= 15 is 0 Å². The second-order valence-electron chi connectivity index (χ2n) is 6.00. The van der Waals surface area contributed by atoms with Crippen LogP contribution in [0.25, 0.3) is 0 Å². The van der Waals surface area contributed by atoms with E-state index in [1.165, 1.54) is 0 Å². The minimum absolute atomic E-state index is 0.174. The fraction of sp³-hybridized carbons (Fsp3) is 0.263. The van der Waals surface area contributed by atoms with E-state index in [0.717, 1.165) is 6.42 Å². The molecule has 26 heavy (non-hydrogen) atoms. The van der Waals surface area contributed by atoms with Crippen LogP contribution in [0.3, 0.4) is 0 Å². The van der Waals surface area contributed by atoms with Gasteiger partial charge in [0.25, 0.3) is 5.91 Å². The van der Waals surface area contributed by atoms with E-state index in [2.05, 4.69) is 5.32 Å². The Hall–Kier alpha value is -2.24. The fourth-order valence-corrected chi connectivity index (χ4v) is 3.44. The van der Waals surface area contributed by atoms with Gasteiger partial charge in [0.05, 0.1) is 17.8 Å². The summed E-state index contributed by atoms with van der Waals surface area (Å²) in [6.45, 7) is 0.539. The molecule has 1 aliphatic heterocycles. The number of amides is 2. The van der Waals surface area contributed by atoms with Gasteiger partial charge in [0, 0.05) is 17.1 Å². The molecule has 0 radical (unpaired) electrons. The highest BCUT2D eigenvalue weighted by molar-refractivity contribution is 6.36. The molecule has 0 aliphatic carbocycles. The number of nitrogens with zero attached hydrogens (tertiary/aromatic N) is 1. The molecule has 5 nitrogen and oxygen atoms in total. The van der Waals surface area contributed by atoms with Crippen LogP contribution in [0.15, 0.2) is 42.5 Å². The predicted octanol–water partition coefficient (Wildman–Crippen LogP) is 4.25. The Balaban J connectivity index is 1.74. The molecule has 0 spiro atoms. The minimum atomic E-state index is -0.531. The number of rotatable bonds is 4. The summed E-state index contributed by atoms with van der Waals surface area (Å²) in [5.41, 5.74) is 1.000. The first kappa shape index (κ1) is 18.5. The second kappa shape index (κ2) is 7.98. The molecule has 0 bridgehead atoms. The van der Waals surface area contributed by atoms with E-state index in [0.29, 0.717) is 40.0 Å². The molecule has 2 amide bonds. The molecule has 2 aromatic rings. The van der Waals surface area contributed by atoms with Gasteiger partial charge in [-0.2, -0.15) is 0 Å². The van der Waals surface area contributed by atoms with Crippen molar-refractivity contribution in [2.45, 2.75) is 18.9 Å². The first-order chi connectivity index (χ1) is 12.5. The van der Waals surface area contributed by atoms with Gasteiger partial charge in [-0.1, -0.05) is 23.2 Å². The lowest BCUT2D eigenvalue weighted by Crippen LogP contribution is -2.43. The predicted molar refractivity (Wildman–Crippen MR) is 102 cm³/mol. The number of carbonyl (C=O) groups is 2. The Labute approximate surface area is 161 Å². The van der Waals surface area contributed by atoms with Gasteiger partial charge in [-0.15, -0.1) is 0 Å². The van der Waals surface area contributed by atoms with Crippen molar-refractivity contribution < 1.29 is 14.3 Å². The van der Waals surface area contributed by atoms with Crippen LogP contribution in [0, 0.1) is 0 Å². The van der Waals surface area contributed by atoms with Gasteiger partial charge in [-0.3, -0.25) is 9.59 Å². The summed E-state index contributed by atoms with van der Waals surface area (Å²) in [5, 5.41) is 3.64. The largest absolute Gasteiger partial charge is 0.497 e. The SMILES string of the molecule is COc1ccc(C(=O)N2CCC[C@@H]2C(=O)Nc2ccc(Cl)cc2Cl)cc1. The van der Waals surface area contributed by atoms with Crippen molar-refractivity contribution in [2.75, 3.05) is 19.0 Å². The molecule has 3 rings (SSSR count). The molecule has 1 saturated heterocycles. The molecule has 0 aromatic heterocycles. The average molecular weight is 393 g/mol. The maximum Gasteiger partial charge on any atom is 0.254 e.